The molecule has 0 saturated carbocycles. The quantitative estimate of drug-likeness (QED) is 0.221. The first-order chi connectivity index (χ1) is 21.2. The van der Waals surface area contributed by atoms with E-state index < -0.39 is 28.8 Å². The van der Waals surface area contributed by atoms with Gasteiger partial charge in [0.1, 0.15) is 5.60 Å². The lowest BCUT2D eigenvalue weighted by Gasteiger charge is -2.33. The van der Waals surface area contributed by atoms with Crippen molar-refractivity contribution in [2.45, 2.75) is 59.1 Å². The molecule has 1 aliphatic heterocycles. The Hall–Kier alpha value is -4.54. The molecular weight excluding hydrogens is 577 g/mol. The first kappa shape index (κ1) is 33.4. The minimum atomic E-state index is -0.993. The van der Waals surface area contributed by atoms with E-state index in [2.05, 4.69) is 9.97 Å². The van der Waals surface area contributed by atoms with Crippen LogP contribution in [0.3, 0.4) is 0 Å². The van der Waals surface area contributed by atoms with Gasteiger partial charge in [0.2, 0.25) is 0 Å². The lowest BCUT2D eigenvalue weighted by molar-refractivity contribution is 0.0164. The van der Waals surface area contributed by atoms with Crippen LogP contribution in [0.15, 0.2) is 65.5 Å². The Bertz CT molecular complexity index is 1600. The molecule has 0 bridgehead atoms. The molecule has 0 spiro atoms. The number of aromatic nitrogens is 3. The van der Waals surface area contributed by atoms with Gasteiger partial charge in [-0.25, -0.2) is 19.2 Å². The summed E-state index contributed by atoms with van der Waals surface area (Å²) in [4.78, 5) is 50.3. The lowest BCUT2D eigenvalue weighted by Crippen LogP contribution is -2.42. The summed E-state index contributed by atoms with van der Waals surface area (Å²) in [5, 5.41) is 0. The monoisotopic (exact) mass is 619 g/mol. The number of carbonyl (C=O) groups excluding carboxylic acids is 2. The molecule has 0 N–H and O–H groups in total. The number of likely N-dealkylation sites (tertiary alicyclic amines) is 1. The summed E-state index contributed by atoms with van der Waals surface area (Å²) in [6, 6.07) is 7.75. The number of benzene rings is 1. The van der Waals surface area contributed by atoms with Gasteiger partial charge in [-0.2, -0.15) is 0 Å². The van der Waals surface area contributed by atoms with Crippen LogP contribution in [0.2, 0.25) is 0 Å². The van der Waals surface area contributed by atoms with E-state index in [9.17, 15) is 18.8 Å². The SMILES string of the molecule is C/C(=C\C(=O)c1cc(F)c(=O)n([C@H](C)c2cccc(-c3ncc(OCC4CCN(C(=O)OC(C)(C)C)CC4)cn3)c2)c1)N(C)C. The topological polar surface area (TPSA) is 107 Å². The summed E-state index contributed by atoms with van der Waals surface area (Å²) in [5.41, 5.74) is 0.898. The molecule has 3 aromatic rings. The van der Waals surface area contributed by atoms with E-state index in [1.54, 1.807) is 50.1 Å². The molecule has 45 heavy (non-hydrogen) atoms. The summed E-state index contributed by atoms with van der Waals surface area (Å²) in [7, 11) is 3.61. The zero-order chi connectivity index (χ0) is 32.9. The van der Waals surface area contributed by atoms with Crippen molar-refractivity contribution >= 4 is 11.9 Å². The molecule has 240 valence electrons. The van der Waals surface area contributed by atoms with Crippen molar-refractivity contribution in [2.75, 3.05) is 33.8 Å². The number of allylic oxidation sites excluding steroid dienone is 2. The van der Waals surface area contributed by atoms with Gasteiger partial charge in [-0.3, -0.25) is 9.59 Å². The van der Waals surface area contributed by atoms with Crippen molar-refractivity contribution < 1.29 is 23.5 Å². The number of amides is 1. The van der Waals surface area contributed by atoms with Crippen LogP contribution in [0.5, 0.6) is 5.75 Å². The third kappa shape index (κ3) is 8.77. The fraction of sp³-hybridized carbons (Fsp3) is 0.441. The number of pyridine rings is 1. The fourth-order valence-corrected chi connectivity index (χ4v) is 4.85. The zero-order valence-electron chi connectivity index (χ0n) is 27.0. The number of piperidine rings is 1. The van der Waals surface area contributed by atoms with Gasteiger partial charge in [0.05, 0.1) is 25.0 Å². The summed E-state index contributed by atoms with van der Waals surface area (Å²) < 4.78 is 27.3. The van der Waals surface area contributed by atoms with Gasteiger partial charge in [-0.05, 0) is 71.1 Å². The summed E-state index contributed by atoms with van der Waals surface area (Å²) in [6.45, 7) is 10.9. The standard InChI is InChI=1S/C34H42FN5O5/c1-22(38(6)7)15-30(41)27-17-29(35)32(42)40(20-27)23(2)25-9-8-10-26(16-25)31-36-18-28(19-37-31)44-21-24-11-13-39(14-12-24)33(43)45-34(3,4)5/h8-10,15-20,23-24H,11-14,21H2,1-7H3/b22-15+/t23-/m1/s1. The molecule has 0 aliphatic carbocycles. The molecule has 1 aliphatic rings. The molecule has 0 radical (unpaired) electrons. The molecule has 2 aromatic heterocycles. The second kappa shape index (κ2) is 14.0. The number of carbonyl (C=O) groups is 2. The number of rotatable bonds is 9. The number of halogens is 1. The number of nitrogens with zero attached hydrogens (tertiary/aromatic N) is 5. The smallest absolute Gasteiger partial charge is 0.410 e. The largest absolute Gasteiger partial charge is 0.490 e. The Morgan fingerprint density at radius 3 is 2.42 bits per heavy atom. The van der Waals surface area contributed by atoms with Crippen molar-refractivity contribution in [1.29, 1.82) is 0 Å². The van der Waals surface area contributed by atoms with E-state index >= 15 is 0 Å². The molecule has 1 aromatic carbocycles. The van der Waals surface area contributed by atoms with Crippen LogP contribution in [0.1, 0.15) is 69.4 Å². The van der Waals surface area contributed by atoms with Crippen LogP contribution in [0.4, 0.5) is 9.18 Å². The Morgan fingerprint density at radius 1 is 1.13 bits per heavy atom. The summed E-state index contributed by atoms with van der Waals surface area (Å²) in [5.74, 6) is -0.0747. The molecule has 3 heterocycles. The fourth-order valence-electron chi connectivity index (χ4n) is 4.85. The average molecular weight is 620 g/mol. The van der Waals surface area contributed by atoms with Gasteiger partial charge in [0, 0.05) is 56.3 Å². The Morgan fingerprint density at radius 2 is 1.80 bits per heavy atom. The maximum absolute atomic E-state index is 14.7. The van der Waals surface area contributed by atoms with E-state index in [1.807, 2.05) is 45.0 Å². The van der Waals surface area contributed by atoms with Crippen molar-refractivity contribution in [3.63, 3.8) is 0 Å². The number of hydrogen-bond acceptors (Lipinski definition) is 8. The molecule has 0 unspecified atom stereocenters. The van der Waals surface area contributed by atoms with E-state index in [0.717, 1.165) is 24.5 Å². The third-order valence-corrected chi connectivity index (χ3v) is 7.75. The minimum absolute atomic E-state index is 0.0869. The summed E-state index contributed by atoms with van der Waals surface area (Å²) in [6.07, 6.45) is 7.40. The Kier molecular flexibility index (Phi) is 10.4. The first-order valence-electron chi connectivity index (χ1n) is 15.1. The average Bonchev–Trinajstić information content (AvgIpc) is 3.00. The predicted molar refractivity (Wildman–Crippen MR) is 170 cm³/mol. The third-order valence-electron chi connectivity index (χ3n) is 7.75. The van der Waals surface area contributed by atoms with E-state index in [4.69, 9.17) is 9.47 Å². The van der Waals surface area contributed by atoms with Crippen LogP contribution in [-0.2, 0) is 4.74 Å². The van der Waals surface area contributed by atoms with E-state index in [-0.39, 0.29) is 11.7 Å². The molecule has 10 nitrogen and oxygen atoms in total. The van der Waals surface area contributed by atoms with Crippen molar-refractivity contribution in [1.82, 2.24) is 24.3 Å². The first-order valence-corrected chi connectivity index (χ1v) is 15.1. The maximum Gasteiger partial charge on any atom is 0.410 e. The molecular formula is C34H42FN5O5. The van der Waals surface area contributed by atoms with E-state index in [1.165, 1.54) is 16.8 Å². The van der Waals surface area contributed by atoms with Crippen molar-refractivity contribution in [2.24, 2.45) is 5.92 Å². The molecule has 1 atom stereocenters. The van der Waals surface area contributed by atoms with Gasteiger partial charge in [0.15, 0.2) is 23.2 Å². The van der Waals surface area contributed by atoms with Crippen LogP contribution in [0, 0.1) is 11.7 Å². The van der Waals surface area contributed by atoms with Crippen LogP contribution < -0.4 is 10.3 Å². The minimum Gasteiger partial charge on any atom is -0.490 e. The van der Waals surface area contributed by atoms with Gasteiger partial charge in [0.25, 0.3) is 5.56 Å². The number of ether oxygens (including phenoxy) is 2. The number of ketones is 1. The lowest BCUT2D eigenvalue weighted by atomic mass is 9.98. The molecule has 1 fully saturated rings. The normalized spacial score (nSPS) is 15.0. The van der Waals surface area contributed by atoms with E-state index in [0.29, 0.717) is 48.4 Å². The highest BCUT2D eigenvalue weighted by molar-refractivity contribution is 6.04. The van der Waals surface area contributed by atoms with Gasteiger partial charge in [-0.1, -0.05) is 18.2 Å². The highest BCUT2D eigenvalue weighted by Crippen LogP contribution is 2.25. The number of hydrogen-bond donors (Lipinski definition) is 0. The highest BCUT2D eigenvalue weighted by Gasteiger charge is 2.27. The zero-order valence-corrected chi connectivity index (χ0v) is 27.0. The molecule has 1 amide bonds. The van der Waals surface area contributed by atoms with Crippen LogP contribution in [-0.4, -0.2) is 75.6 Å². The molecule has 1 saturated heterocycles. The Labute approximate surface area is 263 Å². The summed E-state index contributed by atoms with van der Waals surface area (Å²) >= 11 is 0. The van der Waals surface area contributed by atoms with Gasteiger partial charge in [-0.15, -0.1) is 0 Å². The molecule has 11 heteroatoms. The maximum atomic E-state index is 14.7. The molecule has 4 rings (SSSR count). The van der Waals surface area contributed by atoms with Gasteiger partial charge >= 0.3 is 6.09 Å². The predicted octanol–water partition coefficient (Wildman–Crippen LogP) is 5.73. The second-order valence-corrected chi connectivity index (χ2v) is 12.6. The second-order valence-electron chi connectivity index (χ2n) is 12.6. The highest BCUT2D eigenvalue weighted by atomic mass is 19.1. The van der Waals surface area contributed by atoms with Crippen LogP contribution in [0.25, 0.3) is 11.4 Å². The van der Waals surface area contributed by atoms with Crippen molar-refractivity contribution in [3.05, 3.63) is 88.0 Å². The van der Waals surface area contributed by atoms with Crippen LogP contribution >= 0.6 is 0 Å². The van der Waals surface area contributed by atoms with Crippen molar-refractivity contribution in [3.8, 4) is 17.1 Å². The Balaban J connectivity index is 1.40. The van der Waals surface area contributed by atoms with Gasteiger partial charge < -0.3 is 23.8 Å².